The molecule has 2 atom stereocenters. The lowest BCUT2D eigenvalue weighted by Crippen LogP contribution is -2.44. The van der Waals surface area contributed by atoms with Gasteiger partial charge in [-0.25, -0.2) is 9.59 Å². The molecule has 17 heavy (non-hydrogen) atoms. The minimum atomic E-state index is -0.440. The van der Waals surface area contributed by atoms with Gasteiger partial charge < -0.3 is 20.7 Å². The normalized spacial score (nSPS) is 26.1. The monoisotopic (exact) mass is 242 g/mol. The number of nitrogens with one attached hydrogen (secondary N) is 3. The van der Waals surface area contributed by atoms with Crippen molar-refractivity contribution < 1.29 is 19.1 Å². The van der Waals surface area contributed by atoms with Gasteiger partial charge in [-0.3, -0.25) is 9.69 Å². The molecule has 94 valence electrons. The topological polar surface area (TPSA) is 99.8 Å². The molecule has 0 bridgehead atoms. The summed E-state index contributed by atoms with van der Waals surface area (Å²) in [6.07, 6.45) is -0.762. The van der Waals surface area contributed by atoms with Gasteiger partial charge in [-0.05, 0) is 6.92 Å². The Kier molecular flexibility index (Phi) is 3.03. The first-order chi connectivity index (χ1) is 8.11. The average Bonchev–Trinajstić information content (AvgIpc) is 2.71. The predicted octanol–water partition coefficient (Wildman–Crippen LogP) is -1.07. The summed E-state index contributed by atoms with van der Waals surface area (Å²) in [5.41, 5.74) is 0. The number of hydrogen-bond donors (Lipinski definition) is 3. The van der Waals surface area contributed by atoms with Crippen molar-refractivity contribution in [2.24, 2.45) is 0 Å². The van der Waals surface area contributed by atoms with Crippen LogP contribution in [0.15, 0.2) is 0 Å². The number of hydrogen-bond acceptors (Lipinski definition) is 4. The van der Waals surface area contributed by atoms with E-state index in [2.05, 4.69) is 16.0 Å². The third kappa shape index (κ3) is 2.24. The van der Waals surface area contributed by atoms with Gasteiger partial charge in [-0.1, -0.05) is 0 Å². The average molecular weight is 242 g/mol. The Morgan fingerprint density at radius 2 is 2.12 bits per heavy atom. The highest BCUT2D eigenvalue weighted by atomic mass is 16.5. The second-order valence-corrected chi connectivity index (χ2v) is 3.74. The standard InChI is InChI=1S/C9H14N4O4/c1-2-17-5(14)3-4-13-7-6(11-9(13)16)10-8(15)12-7/h6-7H,2-4H2,1H3,(H,11,16)(H2,10,12,15). The molecule has 8 heteroatoms. The molecule has 0 aliphatic carbocycles. The summed E-state index contributed by atoms with van der Waals surface area (Å²) in [5.74, 6) is -0.360. The maximum absolute atomic E-state index is 11.5. The molecule has 0 saturated carbocycles. The number of rotatable bonds is 4. The number of nitrogens with zero attached hydrogens (tertiary/aromatic N) is 1. The zero-order chi connectivity index (χ0) is 12.4. The molecule has 2 unspecified atom stereocenters. The van der Waals surface area contributed by atoms with E-state index in [1.807, 2.05) is 0 Å². The van der Waals surface area contributed by atoms with Gasteiger partial charge >= 0.3 is 18.0 Å². The van der Waals surface area contributed by atoms with Crippen LogP contribution in [0.2, 0.25) is 0 Å². The summed E-state index contributed by atoms with van der Waals surface area (Å²) in [7, 11) is 0. The molecule has 0 aromatic rings. The van der Waals surface area contributed by atoms with E-state index >= 15 is 0 Å². The van der Waals surface area contributed by atoms with E-state index in [1.165, 1.54) is 4.90 Å². The van der Waals surface area contributed by atoms with Gasteiger partial charge in [0.15, 0.2) is 0 Å². The highest BCUT2D eigenvalue weighted by Crippen LogP contribution is 2.14. The van der Waals surface area contributed by atoms with E-state index in [9.17, 15) is 14.4 Å². The summed E-state index contributed by atoms with van der Waals surface area (Å²) in [6, 6.07) is -0.641. The molecule has 0 radical (unpaired) electrons. The summed E-state index contributed by atoms with van der Waals surface area (Å²) in [4.78, 5) is 35.2. The van der Waals surface area contributed by atoms with Crippen LogP contribution in [0.1, 0.15) is 13.3 Å². The number of carbonyl (C=O) groups excluding carboxylic acids is 3. The van der Waals surface area contributed by atoms with E-state index in [0.29, 0.717) is 6.61 Å². The lowest BCUT2D eigenvalue weighted by atomic mass is 10.3. The zero-order valence-electron chi connectivity index (χ0n) is 9.36. The maximum Gasteiger partial charge on any atom is 0.320 e. The molecule has 0 spiro atoms. The molecule has 2 saturated heterocycles. The number of ether oxygens (including phenoxy) is 1. The fourth-order valence-corrected chi connectivity index (χ4v) is 1.88. The summed E-state index contributed by atoms with van der Waals surface area (Å²) >= 11 is 0. The smallest absolute Gasteiger partial charge is 0.320 e. The van der Waals surface area contributed by atoms with Crippen LogP contribution < -0.4 is 16.0 Å². The van der Waals surface area contributed by atoms with E-state index in [1.54, 1.807) is 6.92 Å². The largest absolute Gasteiger partial charge is 0.466 e. The SMILES string of the molecule is CCOC(=O)CCN1C(=O)NC2NC(=O)NC21. The van der Waals surface area contributed by atoms with E-state index in [-0.39, 0.29) is 31.0 Å². The van der Waals surface area contributed by atoms with Gasteiger partial charge in [0, 0.05) is 6.54 Å². The van der Waals surface area contributed by atoms with Crippen LogP contribution >= 0.6 is 0 Å². The maximum atomic E-state index is 11.5. The number of esters is 1. The lowest BCUT2D eigenvalue weighted by Gasteiger charge is -2.20. The fraction of sp³-hybridized carbons (Fsp3) is 0.667. The molecule has 0 aromatic heterocycles. The molecule has 0 aromatic carbocycles. The van der Waals surface area contributed by atoms with Crippen molar-refractivity contribution in [2.45, 2.75) is 25.7 Å². The highest BCUT2D eigenvalue weighted by molar-refractivity contribution is 5.85. The first-order valence-corrected chi connectivity index (χ1v) is 5.41. The van der Waals surface area contributed by atoms with Crippen molar-refractivity contribution in [3.63, 3.8) is 0 Å². The van der Waals surface area contributed by atoms with Crippen molar-refractivity contribution >= 4 is 18.0 Å². The van der Waals surface area contributed by atoms with Crippen LogP contribution in [0.4, 0.5) is 9.59 Å². The van der Waals surface area contributed by atoms with Crippen LogP contribution in [0.25, 0.3) is 0 Å². The summed E-state index contributed by atoms with van der Waals surface area (Å²) in [6.45, 7) is 2.25. The molecule has 2 rings (SSSR count). The van der Waals surface area contributed by atoms with Gasteiger partial charge in [0.25, 0.3) is 0 Å². The molecule has 3 N–H and O–H groups in total. The lowest BCUT2D eigenvalue weighted by molar-refractivity contribution is -0.143. The molecule has 2 aliphatic heterocycles. The second-order valence-electron chi connectivity index (χ2n) is 3.74. The van der Waals surface area contributed by atoms with Gasteiger partial charge in [-0.15, -0.1) is 0 Å². The Balaban J connectivity index is 1.89. The minimum Gasteiger partial charge on any atom is -0.466 e. The third-order valence-corrected chi connectivity index (χ3v) is 2.62. The predicted molar refractivity (Wildman–Crippen MR) is 55.7 cm³/mol. The number of carbonyl (C=O) groups is 3. The van der Waals surface area contributed by atoms with Crippen molar-refractivity contribution in [3.8, 4) is 0 Å². The number of urea groups is 2. The number of fused-ring (bicyclic) bond motifs is 1. The Hall–Kier alpha value is -1.99. The Morgan fingerprint density at radius 1 is 1.35 bits per heavy atom. The first kappa shape index (κ1) is 11.5. The third-order valence-electron chi connectivity index (χ3n) is 2.62. The molecule has 2 heterocycles. The van der Waals surface area contributed by atoms with Crippen molar-refractivity contribution in [1.29, 1.82) is 0 Å². The number of amides is 4. The molecular formula is C9H14N4O4. The molecule has 8 nitrogen and oxygen atoms in total. The van der Waals surface area contributed by atoms with Gasteiger partial charge in [0.05, 0.1) is 13.0 Å². The summed E-state index contributed by atoms with van der Waals surface area (Å²) in [5, 5.41) is 7.73. The van der Waals surface area contributed by atoms with Crippen molar-refractivity contribution in [1.82, 2.24) is 20.9 Å². The van der Waals surface area contributed by atoms with Crippen molar-refractivity contribution in [3.05, 3.63) is 0 Å². The van der Waals surface area contributed by atoms with E-state index < -0.39 is 12.3 Å². The Morgan fingerprint density at radius 3 is 2.82 bits per heavy atom. The molecular weight excluding hydrogens is 228 g/mol. The summed E-state index contributed by atoms with van der Waals surface area (Å²) < 4.78 is 4.77. The minimum absolute atomic E-state index is 0.111. The van der Waals surface area contributed by atoms with E-state index in [4.69, 9.17) is 4.74 Å². The second kappa shape index (κ2) is 4.48. The Bertz CT molecular complexity index is 359. The van der Waals surface area contributed by atoms with E-state index in [0.717, 1.165) is 0 Å². The van der Waals surface area contributed by atoms with Crippen LogP contribution in [-0.4, -0.2) is 48.4 Å². The Labute approximate surface area is 97.7 Å². The highest BCUT2D eigenvalue weighted by Gasteiger charge is 2.45. The van der Waals surface area contributed by atoms with Crippen LogP contribution in [-0.2, 0) is 9.53 Å². The van der Waals surface area contributed by atoms with Gasteiger partial charge in [0.2, 0.25) is 0 Å². The first-order valence-electron chi connectivity index (χ1n) is 5.41. The van der Waals surface area contributed by atoms with Gasteiger partial charge in [-0.2, -0.15) is 0 Å². The molecule has 4 amide bonds. The van der Waals surface area contributed by atoms with Crippen LogP contribution in [0.5, 0.6) is 0 Å². The van der Waals surface area contributed by atoms with Crippen LogP contribution in [0, 0.1) is 0 Å². The van der Waals surface area contributed by atoms with Crippen molar-refractivity contribution in [2.75, 3.05) is 13.2 Å². The quantitative estimate of drug-likeness (QED) is 0.546. The van der Waals surface area contributed by atoms with Gasteiger partial charge in [0.1, 0.15) is 12.3 Å². The fourth-order valence-electron chi connectivity index (χ4n) is 1.88. The molecule has 2 aliphatic rings. The zero-order valence-corrected chi connectivity index (χ0v) is 9.36. The molecule has 2 fully saturated rings. The van der Waals surface area contributed by atoms with Crippen LogP contribution in [0.3, 0.4) is 0 Å².